The lowest BCUT2D eigenvalue weighted by molar-refractivity contribution is 1.50. The Bertz CT molecular complexity index is 2490. The predicted octanol–water partition coefficient (Wildman–Crippen LogP) is 20.1. The third-order valence-electron chi connectivity index (χ3n) is 9.88. The lowest BCUT2D eigenvalue weighted by Crippen LogP contribution is -1.74. The number of rotatable bonds is 0. The summed E-state index contributed by atoms with van der Waals surface area (Å²) in [7, 11) is 0. The Kier molecular flexibility index (Phi) is 24.0. The fourth-order valence-corrected chi connectivity index (χ4v) is 6.80. The van der Waals surface area contributed by atoms with Crippen LogP contribution in [0.1, 0.15) is 41.5 Å². The van der Waals surface area contributed by atoms with Crippen LogP contribution in [0.4, 0.5) is 0 Å². The van der Waals surface area contributed by atoms with Gasteiger partial charge in [-0.05, 0) is 88.9 Å². The SMILES string of the molecule is CC.CC.CC.c1ccc2cc3ccccc3cc2c1.c1ccc2cc3ccccc3cc2c1.c1ccc2ccccc2c1.c1ccc2ccccc2c1.c1ccccc1.c1ccccc1. The summed E-state index contributed by atoms with van der Waals surface area (Å²) in [6.45, 7) is 12.0. The first kappa shape index (κ1) is 50.8. The van der Waals surface area contributed by atoms with E-state index in [1.165, 1.54) is 64.6 Å². The molecule has 0 aliphatic rings. The van der Waals surface area contributed by atoms with Gasteiger partial charge in [0, 0.05) is 0 Å². The molecule has 0 heteroatoms. The van der Waals surface area contributed by atoms with Crippen molar-refractivity contribution in [2.75, 3.05) is 0 Å². The minimum Gasteiger partial charge on any atom is -0.0683 e. The monoisotopic (exact) mass is 859 g/mol. The molecule has 0 aliphatic carbocycles. The normalized spacial score (nSPS) is 9.36. The highest BCUT2D eigenvalue weighted by Gasteiger charge is 1.96. The number of hydrogen-bond donors (Lipinski definition) is 0. The van der Waals surface area contributed by atoms with Crippen LogP contribution in [0.25, 0.3) is 64.6 Å². The summed E-state index contributed by atoms with van der Waals surface area (Å²) in [5.41, 5.74) is 0. The molecule has 0 unspecified atom stereocenters. The van der Waals surface area contributed by atoms with Crippen molar-refractivity contribution < 1.29 is 0 Å². The summed E-state index contributed by atoms with van der Waals surface area (Å²) in [6.07, 6.45) is 0. The van der Waals surface area contributed by atoms with Gasteiger partial charge in [0.1, 0.15) is 0 Å². The predicted molar refractivity (Wildman–Crippen MR) is 298 cm³/mol. The van der Waals surface area contributed by atoms with Crippen molar-refractivity contribution in [3.8, 4) is 0 Å². The molecule has 0 bridgehead atoms. The Hall–Kier alpha value is -7.80. The van der Waals surface area contributed by atoms with Gasteiger partial charge < -0.3 is 0 Å². The lowest BCUT2D eigenvalue weighted by Gasteiger charge is -2.00. The topological polar surface area (TPSA) is 0 Å². The molecule has 0 nitrogen and oxygen atoms in total. The molecule has 0 atom stereocenters. The quantitative estimate of drug-likeness (QED) is 0.133. The summed E-state index contributed by atoms with van der Waals surface area (Å²) < 4.78 is 0. The molecule has 0 N–H and O–H groups in total. The van der Waals surface area contributed by atoms with Gasteiger partial charge in [0.25, 0.3) is 0 Å². The van der Waals surface area contributed by atoms with Crippen LogP contribution < -0.4 is 0 Å². The van der Waals surface area contributed by atoms with Crippen LogP contribution in [0, 0.1) is 0 Å². The van der Waals surface area contributed by atoms with Crippen molar-refractivity contribution in [2.24, 2.45) is 0 Å². The summed E-state index contributed by atoms with van der Waals surface area (Å²) >= 11 is 0. The van der Waals surface area contributed by atoms with Crippen molar-refractivity contribution in [2.45, 2.75) is 41.5 Å². The molecule has 12 aromatic carbocycles. The van der Waals surface area contributed by atoms with Gasteiger partial charge in [0.15, 0.2) is 0 Å². The molecule has 66 heavy (non-hydrogen) atoms. The molecular weight excluding hydrogens is 793 g/mol. The van der Waals surface area contributed by atoms with Crippen molar-refractivity contribution in [1.29, 1.82) is 0 Å². The van der Waals surface area contributed by atoms with E-state index < -0.39 is 0 Å². The second kappa shape index (κ2) is 31.1. The van der Waals surface area contributed by atoms with Crippen LogP contribution in [0.5, 0.6) is 0 Å². The van der Waals surface area contributed by atoms with Gasteiger partial charge in [-0.3, -0.25) is 0 Å². The van der Waals surface area contributed by atoms with Gasteiger partial charge in [0.2, 0.25) is 0 Å². The third-order valence-corrected chi connectivity index (χ3v) is 9.88. The van der Waals surface area contributed by atoms with Gasteiger partial charge >= 0.3 is 0 Å². The van der Waals surface area contributed by atoms with Crippen LogP contribution in [0.2, 0.25) is 0 Å². The third kappa shape index (κ3) is 17.1. The summed E-state index contributed by atoms with van der Waals surface area (Å²) in [6, 6.07) is 100. The molecule has 0 saturated heterocycles. The van der Waals surface area contributed by atoms with E-state index in [1.54, 1.807) is 0 Å². The number of fused-ring (bicyclic) bond motifs is 6. The molecule has 0 fully saturated rings. The second-order valence-electron chi connectivity index (χ2n) is 14.1. The zero-order valence-corrected chi connectivity index (χ0v) is 39.7. The molecule has 0 heterocycles. The van der Waals surface area contributed by atoms with Crippen molar-refractivity contribution in [1.82, 2.24) is 0 Å². The van der Waals surface area contributed by atoms with E-state index in [2.05, 4.69) is 218 Å². The largest absolute Gasteiger partial charge is 0.0683 e. The molecule has 0 spiro atoms. The first-order valence-electron chi connectivity index (χ1n) is 23.4. The maximum atomic E-state index is 2.24. The van der Waals surface area contributed by atoms with Crippen LogP contribution in [0.15, 0.2) is 291 Å². The Balaban J connectivity index is 0.000000173. The molecule has 0 aromatic heterocycles. The van der Waals surface area contributed by atoms with E-state index in [0.717, 1.165) is 0 Å². The molecule has 0 aliphatic heterocycles. The fraction of sp³-hybridized carbons (Fsp3) is 0.0909. The van der Waals surface area contributed by atoms with E-state index in [0.29, 0.717) is 0 Å². The van der Waals surface area contributed by atoms with Crippen LogP contribution in [0.3, 0.4) is 0 Å². The van der Waals surface area contributed by atoms with Gasteiger partial charge in [-0.1, -0.05) is 308 Å². The molecule has 0 saturated carbocycles. The maximum absolute atomic E-state index is 2.24. The summed E-state index contributed by atoms with van der Waals surface area (Å²) in [5.74, 6) is 0. The van der Waals surface area contributed by atoms with Gasteiger partial charge in [-0.25, -0.2) is 0 Å². The average molecular weight is 859 g/mol. The Morgan fingerprint density at radius 1 is 0.121 bits per heavy atom. The molecule has 330 valence electrons. The maximum Gasteiger partial charge on any atom is -0.0178 e. The van der Waals surface area contributed by atoms with E-state index in [1.807, 2.05) is 114 Å². The molecule has 0 radical (unpaired) electrons. The highest BCUT2D eigenvalue weighted by Crippen LogP contribution is 2.23. The van der Waals surface area contributed by atoms with E-state index in [-0.39, 0.29) is 0 Å². The minimum absolute atomic E-state index is 1.31. The highest BCUT2D eigenvalue weighted by atomic mass is 14.0. The molecule has 12 aromatic rings. The van der Waals surface area contributed by atoms with Crippen molar-refractivity contribution in [3.05, 3.63) is 291 Å². The van der Waals surface area contributed by atoms with E-state index >= 15 is 0 Å². The highest BCUT2D eigenvalue weighted by molar-refractivity contribution is 5.99. The van der Waals surface area contributed by atoms with Crippen LogP contribution in [-0.2, 0) is 0 Å². The first-order chi connectivity index (χ1) is 32.8. The van der Waals surface area contributed by atoms with E-state index in [4.69, 9.17) is 0 Å². The van der Waals surface area contributed by atoms with Crippen LogP contribution >= 0.6 is 0 Å². The first-order valence-corrected chi connectivity index (χ1v) is 23.4. The number of hydrogen-bond acceptors (Lipinski definition) is 0. The van der Waals surface area contributed by atoms with E-state index in [9.17, 15) is 0 Å². The van der Waals surface area contributed by atoms with Crippen LogP contribution in [-0.4, -0.2) is 0 Å². The van der Waals surface area contributed by atoms with Gasteiger partial charge in [0.05, 0.1) is 0 Å². The Morgan fingerprint density at radius 3 is 0.318 bits per heavy atom. The zero-order valence-electron chi connectivity index (χ0n) is 39.7. The smallest absolute Gasteiger partial charge is 0.0178 e. The Labute approximate surface area is 395 Å². The zero-order chi connectivity index (χ0) is 46.9. The van der Waals surface area contributed by atoms with Crippen molar-refractivity contribution in [3.63, 3.8) is 0 Å². The second-order valence-corrected chi connectivity index (χ2v) is 14.1. The summed E-state index contributed by atoms with van der Waals surface area (Å²) in [4.78, 5) is 0. The lowest BCUT2D eigenvalue weighted by atomic mass is 10.0. The number of benzene rings is 12. The molecule has 12 rings (SSSR count). The summed E-state index contributed by atoms with van der Waals surface area (Å²) in [5, 5.41) is 15.7. The fourth-order valence-electron chi connectivity index (χ4n) is 6.80. The van der Waals surface area contributed by atoms with Gasteiger partial charge in [-0.15, -0.1) is 0 Å². The Morgan fingerprint density at radius 2 is 0.212 bits per heavy atom. The van der Waals surface area contributed by atoms with Crippen molar-refractivity contribution >= 4 is 64.6 Å². The standard InChI is InChI=1S/2C14H10.2C10H8.2C6H6.3C2H6/c2*1-2-6-12-10-14-8-4-3-7-13(14)9-11(12)5-1;2*1-2-6-10-8-4-3-7-9(10)5-1;2*1-2-4-6-5-3-1;3*1-2/h2*1-10H;2*1-8H;2*1-6H;3*1-2H3. The van der Waals surface area contributed by atoms with Gasteiger partial charge in [-0.2, -0.15) is 0 Å². The molecule has 0 amide bonds. The minimum atomic E-state index is 1.31. The molecular formula is C66H66. The average Bonchev–Trinajstić information content (AvgIpc) is 3.43.